The molecule has 4 amide bonds. The van der Waals surface area contributed by atoms with Crippen molar-refractivity contribution < 1.29 is 14.4 Å². The van der Waals surface area contributed by atoms with Crippen molar-refractivity contribution in [3.63, 3.8) is 0 Å². The van der Waals surface area contributed by atoms with E-state index in [1.807, 2.05) is 0 Å². The van der Waals surface area contributed by atoms with Crippen LogP contribution in [0.25, 0.3) is 0 Å². The molecule has 1 aromatic rings. The van der Waals surface area contributed by atoms with Crippen LogP contribution in [0.3, 0.4) is 0 Å². The Labute approximate surface area is 97.4 Å². The fraction of sp³-hybridized carbons (Fsp3) is 0.182. The summed E-state index contributed by atoms with van der Waals surface area (Å²) in [7, 11) is 0. The first-order chi connectivity index (χ1) is 7.99. The molecule has 0 saturated heterocycles. The molecule has 2 rings (SSSR count). The first kappa shape index (κ1) is 11.1. The zero-order valence-corrected chi connectivity index (χ0v) is 9.19. The van der Waals surface area contributed by atoms with E-state index in [0.717, 1.165) is 4.90 Å². The number of carbonyl (C=O) groups excluding carboxylic acids is 3. The molecule has 6 heteroatoms. The monoisotopic (exact) mass is 233 g/mol. The molecule has 1 aliphatic rings. The minimum absolute atomic E-state index is 0.117. The van der Waals surface area contributed by atoms with Crippen LogP contribution in [0, 0.1) is 0 Å². The second-order valence-corrected chi connectivity index (χ2v) is 3.77. The second kappa shape index (κ2) is 3.89. The predicted octanol–water partition coefficient (Wildman–Crippen LogP) is 0.613. The highest BCUT2D eigenvalue weighted by Crippen LogP contribution is 2.30. The molecule has 0 bridgehead atoms. The standard InChI is InChI=1S/C11H11N3O3/c1-6(15)13-8-2-3-9-7(4-8)5-10(16)14(9)11(12)17/h2-4H,5H2,1H3,(H2,12,17)(H,13,15). The largest absolute Gasteiger partial charge is 0.351 e. The molecule has 3 N–H and O–H groups in total. The second-order valence-electron chi connectivity index (χ2n) is 3.77. The molecule has 0 fully saturated rings. The number of nitrogens with one attached hydrogen (secondary N) is 1. The highest BCUT2D eigenvalue weighted by molar-refractivity contribution is 6.18. The number of carbonyl (C=O) groups is 3. The lowest BCUT2D eigenvalue weighted by atomic mass is 10.1. The van der Waals surface area contributed by atoms with Crippen LogP contribution in [0.4, 0.5) is 16.2 Å². The number of imide groups is 1. The Morgan fingerprint density at radius 2 is 2.12 bits per heavy atom. The van der Waals surface area contributed by atoms with E-state index >= 15 is 0 Å². The average Bonchev–Trinajstić information content (AvgIpc) is 2.51. The highest BCUT2D eigenvalue weighted by Gasteiger charge is 2.30. The summed E-state index contributed by atoms with van der Waals surface area (Å²) in [5, 5.41) is 2.61. The molecule has 17 heavy (non-hydrogen) atoms. The molecule has 0 spiro atoms. The predicted molar refractivity (Wildman–Crippen MR) is 61.5 cm³/mol. The third-order valence-electron chi connectivity index (χ3n) is 2.45. The summed E-state index contributed by atoms with van der Waals surface area (Å²) in [6, 6.07) is 4.09. The van der Waals surface area contributed by atoms with Gasteiger partial charge < -0.3 is 11.1 Å². The summed E-state index contributed by atoms with van der Waals surface area (Å²) >= 11 is 0. The van der Waals surface area contributed by atoms with E-state index in [1.54, 1.807) is 18.2 Å². The minimum atomic E-state index is -0.791. The zero-order chi connectivity index (χ0) is 12.6. The number of anilines is 2. The molecule has 0 aromatic heterocycles. The molecule has 6 nitrogen and oxygen atoms in total. The number of nitrogens with zero attached hydrogens (tertiary/aromatic N) is 1. The quantitative estimate of drug-likeness (QED) is 0.744. The lowest BCUT2D eigenvalue weighted by molar-refractivity contribution is -0.116. The molecule has 0 saturated carbocycles. The van der Waals surface area contributed by atoms with Crippen molar-refractivity contribution in [2.24, 2.45) is 5.73 Å². The van der Waals surface area contributed by atoms with Gasteiger partial charge in [0.2, 0.25) is 11.8 Å². The van der Waals surface area contributed by atoms with Gasteiger partial charge in [0, 0.05) is 12.6 Å². The number of hydrogen-bond donors (Lipinski definition) is 2. The first-order valence-electron chi connectivity index (χ1n) is 5.02. The van der Waals surface area contributed by atoms with Gasteiger partial charge in [-0.2, -0.15) is 0 Å². The van der Waals surface area contributed by atoms with E-state index in [4.69, 9.17) is 5.73 Å². The van der Waals surface area contributed by atoms with Gasteiger partial charge in [-0.3, -0.25) is 9.59 Å². The zero-order valence-electron chi connectivity index (χ0n) is 9.19. The van der Waals surface area contributed by atoms with E-state index in [9.17, 15) is 14.4 Å². The van der Waals surface area contributed by atoms with Crippen molar-refractivity contribution in [1.29, 1.82) is 0 Å². The lowest BCUT2D eigenvalue weighted by Crippen LogP contribution is -2.38. The summed E-state index contributed by atoms with van der Waals surface area (Å²) in [5.41, 5.74) is 6.87. The van der Waals surface area contributed by atoms with Crippen molar-refractivity contribution in [3.8, 4) is 0 Å². The highest BCUT2D eigenvalue weighted by atomic mass is 16.2. The van der Waals surface area contributed by atoms with Gasteiger partial charge in [0.25, 0.3) is 0 Å². The Balaban J connectivity index is 2.37. The van der Waals surface area contributed by atoms with Gasteiger partial charge >= 0.3 is 6.03 Å². The van der Waals surface area contributed by atoms with Crippen LogP contribution in [0.1, 0.15) is 12.5 Å². The molecule has 0 radical (unpaired) electrons. The number of nitrogens with two attached hydrogens (primary N) is 1. The van der Waals surface area contributed by atoms with Crippen LogP contribution in [-0.4, -0.2) is 17.8 Å². The van der Waals surface area contributed by atoms with Crippen LogP contribution in [0.5, 0.6) is 0 Å². The maximum atomic E-state index is 11.5. The SMILES string of the molecule is CC(=O)Nc1ccc2c(c1)CC(=O)N2C(N)=O. The van der Waals surface area contributed by atoms with Crippen LogP contribution in [-0.2, 0) is 16.0 Å². The normalized spacial score (nSPS) is 13.5. The van der Waals surface area contributed by atoms with E-state index in [0.29, 0.717) is 16.9 Å². The van der Waals surface area contributed by atoms with Crippen molar-refractivity contribution in [1.82, 2.24) is 0 Å². The molecule has 1 heterocycles. The Hall–Kier alpha value is -2.37. The number of urea groups is 1. The first-order valence-corrected chi connectivity index (χ1v) is 5.02. The summed E-state index contributed by atoms with van der Waals surface area (Å²) in [5.74, 6) is -0.548. The van der Waals surface area contributed by atoms with Gasteiger partial charge in [-0.15, -0.1) is 0 Å². The van der Waals surface area contributed by atoms with Gasteiger partial charge in [0.15, 0.2) is 0 Å². The van der Waals surface area contributed by atoms with Crippen LogP contribution in [0.2, 0.25) is 0 Å². The van der Waals surface area contributed by atoms with E-state index < -0.39 is 6.03 Å². The Morgan fingerprint density at radius 3 is 2.71 bits per heavy atom. The van der Waals surface area contributed by atoms with Crippen molar-refractivity contribution >= 4 is 29.2 Å². The van der Waals surface area contributed by atoms with Gasteiger partial charge in [-0.25, -0.2) is 9.69 Å². The van der Waals surface area contributed by atoms with Gasteiger partial charge in [0.1, 0.15) is 0 Å². The van der Waals surface area contributed by atoms with Crippen LogP contribution >= 0.6 is 0 Å². The molecule has 1 aromatic carbocycles. The number of amides is 4. The number of hydrogen-bond acceptors (Lipinski definition) is 3. The molecule has 0 aliphatic carbocycles. The Morgan fingerprint density at radius 1 is 1.41 bits per heavy atom. The van der Waals surface area contributed by atoms with Crippen molar-refractivity contribution in [3.05, 3.63) is 23.8 Å². The molecular formula is C11H11N3O3. The van der Waals surface area contributed by atoms with Gasteiger partial charge in [-0.1, -0.05) is 0 Å². The van der Waals surface area contributed by atoms with Crippen molar-refractivity contribution in [2.75, 3.05) is 10.2 Å². The van der Waals surface area contributed by atoms with Gasteiger partial charge in [0.05, 0.1) is 12.1 Å². The molecule has 0 unspecified atom stereocenters. The smallest absolute Gasteiger partial charge is 0.326 e. The van der Waals surface area contributed by atoms with Crippen molar-refractivity contribution in [2.45, 2.75) is 13.3 Å². The van der Waals surface area contributed by atoms with E-state index in [1.165, 1.54) is 6.92 Å². The topological polar surface area (TPSA) is 92.5 Å². The maximum absolute atomic E-state index is 11.5. The molecular weight excluding hydrogens is 222 g/mol. The summed E-state index contributed by atoms with van der Waals surface area (Å²) in [6.45, 7) is 1.40. The fourth-order valence-electron chi connectivity index (χ4n) is 1.84. The molecule has 88 valence electrons. The minimum Gasteiger partial charge on any atom is -0.351 e. The summed E-state index contributed by atoms with van der Waals surface area (Å²) < 4.78 is 0. The number of benzene rings is 1. The Kier molecular flexibility index (Phi) is 2.55. The molecule has 1 aliphatic heterocycles. The average molecular weight is 233 g/mol. The summed E-state index contributed by atoms with van der Waals surface area (Å²) in [6.07, 6.45) is 0.117. The van der Waals surface area contributed by atoms with Gasteiger partial charge in [-0.05, 0) is 23.8 Å². The van der Waals surface area contributed by atoms with E-state index in [-0.39, 0.29) is 18.2 Å². The number of primary amides is 1. The molecule has 0 atom stereocenters. The van der Waals surface area contributed by atoms with E-state index in [2.05, 4.69) is 5.32 Å². The maximum Gasteiger partial charge on any atom is 0.326 e. The third kappa shape index (κ3) is 1.96. The number of rotatable bonds is 1. The summed E-state index contributed by atoms with van der Waals surface area (Å²) in [4.78, 5) is 34.5. The fourth-order valence-corrected chi connectivity index (χ4v) is 1.84. The number of fused-ring (bicyclic) bond motifs is 1. The lowest BCUT2D eigenvalue weighted by Gasteiger charge is -2.12. The Bertz CT molecular complexity index is 525. The van der Waals surface area contributed by atoms with Crippen LogP contribution < -0.4 is 16.0 Å². The third-order valence-corrected chi connectivity index (χ3v) is 2.45. The van der Waals surface area contributed by atoms with Crippen LogP contribution in [0.15, 0.2) is 18.2 Å².